The molecule has 0 amide bonds. The second-order valence-corrected chi connectivity index (χ2v) is 6.94. The number of nitrogens with one attached hydrogen (secondary N) is 1. The summed E-state index contributed by atoms with van der Waals surface area (Å²) in [5, 5.41) is 0.969. The topological polar surface area (TPSA) is 46.2 Å². The number of sulfonamides is 1. The summed E-state index contributed by atoms with van der Waals surface area (Å²) in [6.07, 6.45) is 2.97. The quantitative estimate of drug-likeness (QED) is 0.615. The van der Waals surface area contributed by atoms with Crippen LogP contribution in [0.15, 0.2) is 23.1 Å². The third-order valence-electron chi connectivity index (χ3n) is 2.74. The number of hydrogen-bond acceptors (Lipinski definition) is 2. The molecular weight excluding hydrogens is 314 g/mol. The number of halogens is 1. The molecule has 0 saturated carbocycles. The average Bonchev–Trinajstić information content (AvgIpc) is 2.32. The molecule has 0 saturated heterocycles. The zero-order valence-corrected chi connectivity index (χ0v) is 13.3. The maximum atomic E-state index is 12.1. The minimum atomic E-state index is -3.36. The molecule has 0 aromatic heterocycles. The van der Waals surface area contributed by atoms with Gasteiger partial charge in [-0.05, 0) is 43.9 Å². The van der Waals surface area contributed by atoms with Crippen molar-refractivity contribution < 1.29 is 8.42 Å². The molecule has 5 heteroatoms. The van der Waals surface area contributed by atoms with E-state index in [0.29, 0.717) is 11.4 Å². The van der Waals surface area contributed by atoms with Crippen LogP contribution >= 0.6 is 15.9 Å². The first kappa shape index (κ1) is 15.7. The zero-order chi connectivity index (χ0) is 13.6. The van der Waals surface area contributed by atoms with Crippen LogP contribution in [0.2, 0.25) is 0 Å². The maximum Gasteiger partial charge on any atom is 0.240 e. The van der Waals surface area contributed by atoms with E-state index in [0.717, 1.165) is 35.7 Å². The Kier molecular flexibility index (Phi) is 6.32. The highest BCUT2D eigenvalue weighted by molar-refractivity contribution is 9.09. The molecule has 0 aliphatic heterocycles. The first-order chi connectivity index (χ1) is 8.47. The van der Waals surface area contributed by atoms with Gasteiger partial charge in [0.25, 0.3) is 0 Å². The Balaban J connectivity index is 2.66. The minimum absolute atomic E-state index is 0.392. The summed E-state index contributed by atoms with van der Waals surface area (Å²) < 4.78 is 26.9. The van der Waals surface area contributed by atoms with E-state index in [-0.39, 0.29) is 0 Å². The lowest BCUT2D eigenvalue weighted by Crippen LogP contribution is -2.25. The summed E-state index contributed by atoms with van der Waals surface area (Å²) in [7, 11) is -3.36. The van der Waals surface area contributed by atoms with Gasteiger partial charge in [0.15, 0.2) is 0 Å². The van der Waals surface area contributed by atoms with Crippen LogP contribution in [-0.2, 0) is 10.0 Å². The lowest BCUT2D eigenvalue weighted by Gasteiger charge is -2.10. The van der Waals surface area contributed by atoms with Crippen molar-refractivity contribution in [1.82, 2.24) is 4.72 Å². The van der Waals surface area contributed by atoms with Gasteiger partial charge in [0.2, 0.25) is 10.0 Å². The molecule has 0 atom stereocenters. The lowest BCUT2D eigenvalue weighted by atomic mass is 10.2. The van der Waals surface area contributed by atoms with Crippen molar-refractivity contribution in [1.29, 1.82) is 0 Å². The molecule has 0 heterocycles. The van der Waals surface area contributed by atoms with Gasteiger partial charge >= 0.3 is 0 Å². The molecule has 3 nitrogen and oxygen atoms in total. The average molecular weight is 334 g/mol. The van der Waals surface area contributed by atoms with E-state index >= 15 is 0 Å². The number of benzene rings is 1. The monoisotopic (exact) mass is 333 g/mol. The summed E-state index contributed by atoms with van der Waals surface area (Å²) in [6, 6.07) is 5.48. The van der Waals surface area contributed by atoms with Crippen molar-refractivity contribution in [2.24, 2.45) is 0 Å². The lowest BCUT2D eigenvalue weighted by molar-refractivity contribution is 0.575. The largest absolute Gasteiger partial charge is 0.240 e. The Hall–Kier alpha value is -0.390. The molecule has 0 spiro atoms. The number of aryl methyl sites for hydroxylation is 2. The van der Waals surface area contributed by atoms with Gasteiger partial charge in [0.1, 0.15) is 0 Å². The van der Waals surface area contributed by atoms with E-state index in [1.807, 2.05) is 26.0 Å². The van der Waals surface area contributed by atoms with Gasteiger partial charge in [-0.15, -0.1) is 0 Å². The Labute approximate surface area is 118 Å². The summed E-state index contributed by atoms with van der Waals surface area (Å²) in [6.45, 7) is 4.22. The highest BCUT2D eigenvalue weighted by Gasteiger charge is 2.15. The number of hydrogen-bond donors (Lipinski definition) is 1. The fourth-order valence-corrected chi connectivity index (χ4v) is 3.48. The normalized spacial score (nSPS) is 11.7. The smallest absolute Gasteiger partial charge is 0.211 e. The molecular formula is C13H20BrNO2S. The minimum Gasteiger partial charge on any atom is -0.211 e. The van der Waals surface area contributed by atoms with Crippen LogP contribution in [0.5, 0.6) is 0 Å². The SMILES string of the molecule is Cc1ccc(C)c(S(=O)(=O)NCCCCCBr)c1. The molecule has 1 N–H and O–H groups in total. The molecule has 0 fully saturated rings. The molecule has 1 aromatic rings. The van der Waals surface area contributed by atoms with Crippen LogP contribution in [0.1, 0.15) is 30.4 Å². The van der Waals surface area contributed by atoms with Crippen LogP contribution in [0.4, 0.5) is 0 Å². The fourth-order valence-electron chi connectivity index (χ4n) is 1.68. The Bertz CT molecular complexity index is 486. The van der Waals surface area contributed by atoms with Crippen molar-refractivity contribution in [2.45, 2.75) is 38.0 Å². The summed E-state index contributed by atoms with van der Waals surface area (Å²) >= 11 is 3.36. The van der Waals surface area contributed by atoms with E-state index < -0.39 is 10.0 Å². The second-order valence-electron chi connectivity index (χ2n) is 4.42. The third kappa shape index (κ3) is 4.71. The fraction of sp³-hybridized carbons (Fsp3) is 0.538. The predicted molar refractivity (Wildman–Crippen MR) is 78.7 cm³/mol. The van der Waals surface area contributed by atoms with Crippen LogP contribution in [-0.4, -0.2) is 20.3 Å². The predicted octanol–water partition coefficient (Wildman–Crippen LogP) is 3.15. The van der Waals surface area contributed by atoms with Crippen molar-refractivity contribution in [2.75, 3.05) is 11.9 Å². The maximum absolute atomic E-state index is 12.1. The van der Waals surface area contributed by atoms with Crippen molar-refractivity contribution >= 4 is 26.0 Å². The summed E-state index contributed by atoms with van der Waals surface area (Å²) in [4.78, 5) is 0.392. The summed E-state index contributed by atoms with van der Waals surface area (Å²) in [5.41, 5.74) is 1.74. The Morgan fingerprint density at radius 2 is 1.89 bits per heavy atom. The zero-order valence-electron chi connectivity index (χ0n) is 10.9. The first-order valence-corrected chi connectivity index (χ1v) is 8.71. The van der Waals surface area contributed by atoms with Crippen LogP contribution < -0.4 is 4.72 Å². The molecule has 1 aromatic carbocycles. The van der Waals surface area contributed by atoms with Gasteiger partial charge in [-0.1, -0.05) is 34.5 Å². The van der Waals surface area contributed by atoms with E-state index in [1.54, 1.807) is 6.07 Å². The molecule has 18 heavy (non-hydrogen) atoms. The van der Waals surface area contributed by atoms with E-state index in [4.69, 9.17) is 0 Å². The number of unbranched alkanes of at least 4 members (excludes halogenated alkanes) is 2. The first-order valence-electron chi connectivity index (χ1n) is 6.10. The van der Waals surface area contributed by atoms with Crippen molar-refractivity contribution in [3.8, 4) is 0 Å². The molecule has 1 rings (SSSR count). The Morgan fingerprint density at radius 1 is 1.17 bits per heavy atom. The van der Waals surface area contributed by atoms with E-state index in [2.05, 4.69) is 20.7 Å². The Morgan fingerprint density at radius 3 is 2.56 bits per heavy atom. The molecule has 0 radical (unpaired) electrons. The van der Waals surface area contributed by atoms with Gasteiger partial charge in [-0.2, -0.15) is 0 Å². The van der Waals surface area contributed by atoms with Gasteiger partial charge in [-0.25, -0.2) is 13.1 Å². The highest BCUT2D eigenvalue weighted by Crippen LogP contribution is 2.16. The van der Waals surface area contributed by atoms with Gasteiger partial charge in [0, 0.05) is 11.9 Å². The molecule has 0 unspecified atom stereocenters. The van der Waals surface area contributed by atoms with E-state index in [1.165, 1.54) is 0 Å². The number of rotatable bonds is 7. The van der Waals surface area contributed by atoms with Crippen LogP contribution in [0, 0.1) is 13.8 Å². The van der Waals surface area contributed by atoms with Crippen LogP contribution in [0.25, 0.3) is 0 Å². The molecule has 0 aliphatic carbocycles. The standard InChI is InChI=1S/C13H20BrNO2S/c1-11-6-7-12(2)13(10-11)18(16,17)15-9-5-3-4-8-14/h6-7,10,15H,3-5,8-9H2,1-2H3. The molecule has 102 valence electrons. The van der Waals surface area contributed by atoms with Crippen LogP contribution in [0.3, 0.4) is 0 Å². The van der Waals surface area contributed by atoms with Gasteiger partial charge in [0.05, 0.1) is 4.90 Å². The molecule has 0 bridgehead atoms. The van der Waals surface area contributed by atoms with Gasteiger partial charge in [-0.3, -0.25) is 0 Å². The van der Waals surface area contributed by atoms with Crippen molar-refractivity contribution in [3.05, 3.63) is 29.3 Å². The second kappa shape index (κ2) is 7.26. The highest BCUT2D eigenvalue weighted by atomic mass is 79.9. The van der Waals surface area contributed by atoms with Gasteiger partial charge < -0.3 is 0 Å². The number of alkyl halides is 1. The van der Waals surface area contributed by atoms with E-state index in [9.17, 15) is 8.42 Å². The molecule has 0 aliphatic rings. The van der Waals surface area contributed by atoms with Crippen molar-refractivity contribution in [3.63, 3.8) is 0 Å². The summed E-state index contributed by atoms with van der Waals surface area (Å²) in [5.74, 6) is 0. The third-order valence-corrected chi connectivity index (χ3v) is 4.90.